The molecule has 20 heavy (non-hydrogen) atoms. The van der Waals surface area contributed by atoms with E-state index in [9.17, 15) is 18.8 Å². The number of hydrogen-bond acceptors (Lipinski definition) is 3. The van der Waals surface area contributed by atoms with E-state index in [1.54, 1.807) is 0 Å². The van der Waals surface area contributed by atoms with Crippen molar-refractivity contribution >= 4 is 33.8 Å². The lowest BCUT2D eigenvalue weighted by Gasteiger charge is -2.13. The van der Waals surface area contributed by atoms with Crippen LogP contribution in [0.25, 0.3) is 0 Å². The highest BCUT2D eigenvalue weighted by atomic mass is 79.9. The Kier molecular flexibility index (Phi) is 4.33. The number of halogens is 2. The van der Waals surface area contributed by atoms with Crippen LogP contribution in [0.4, 0.5) is 9.18 Å². The van der Waals surface area contributed by atoms with Gasteiger partial charge >= 0.3 is 6.03 Å². The molecule has 1 aromatic rings. The maximum atomic E-state index is 13.5. The molecule has 1 fully saturated rings. The first-order valence-corrected chi connectivity index (χ1v) is 6.60. The molecule has 1 heterocycles. The van der Waals surface area contributed by atoms with E-state index < -0.39 is 17.8 Å². The number of urea groups is 1. The van der Waals surface area contributed by atoms with E-state index in [1.807, 2.05) is 0 Å². The number of benzene rings is 1. The number of carbonyl (C=O) groups is 3. The number of carbonyl (C=O) groups excluding carboxylic acids is 3. The minimum Gasteiger partial charge on any atom is -0.350 e. The van der Waals surface area contributed by atoms with Gasteiger partial charge in [0, 0.05) is 17.6 Å². The summed E-state index contributed by atoms with van der Waals surface area (Å²) in [6.07, 6.45) is 0. The lowest BCUT2D eigenvalue weighted by molar-refractivity contribution is -0.124. The summed E-state index contributed by atoms with van der Waals surface area (Å²) in [5.41, 5.74) is -0.100. The summed E-state index contributed by atoms with van der Waals surface area (Å²) in [6, 6.07) is 3.53. The molecule has 0 saturated carbocycles. The zero-order chi connectivity index (χ0) is 14.7. The molecule has 1 aliphatic heterocycles. The third-order valence-corrected chi connectivity index (χ3v) is 3.22. The van der Waals surface area contributed by atoms with Crippen molar-refractivity contribution in [3.63, 3.8) is 0 Å². The SMILES string of the molecule is O=C(NCCN1C(=O)CNC1=O)c1cc(Br)ccc1F. The normalized spacial score (nSPS) is 14.4. The van der Waals surface area contributed by atoms with Gasteiger partial charge in [0.1, 0.15) is 5.82 Å². The smallest absolute Gasteiger partial charge is 0.324 e. The molecule has 4 amide bonds. The third kappa shape index (κ3) is 3.13. The zero-order valence-corrected chi connectivity index (χ0v) is 11.9. The lowest BCUT2D eigenvalue weighted by Crippen LogP contribution is -2.38. The maximum absolute atomic E-state index is 13.5. The molecule has 0 spiro atoms. The van der Waals surface area contributed by atoms with Crippen molar-refractivity contribution in [2.24, 2.45) is 0 Å². The van der Waals surface area contributed by atoms with Crippen LogP contribution >= 0.6 is 15.9 Å². The summed E-state index contributed by atoms with van der Waals surface area (Å²) in [6.45, 7) is 0.0724. The summed E-state index contributed by atoms with van der Waals surface area (Å²) in [7, 11) is 0. The van der Waals surface area contributed by atoms with Crippen LogP contribution in [0.2, 0.25) is 0 Å². The first-order valence-electron chi connectivity index (χ1n) is 5.80. The minimum atomic E-state index is -0.638. The molecule has 0 unspecified atom stereocenters. The van der Waals surface area contributed by atoms with Gasteiger partial charge in [0.2, 0.25) is 5.91 Å². The molecule has 8 heteroatoms. The Morgan fingerprint density at radius 3 is 2.85 bits per heavy atom. The van der Waals surface area contributed by atoms with Crippen molar-refractivity contribution in [2.75, 3.05) is 19.6 Å². The highest BCUT2D eigenvalue weighted by molar-refractivity contribution is 9.10. The van der Waals surface area contributed by atoms with E-state index in [1.165, 1.54) is 18.2 Å². The van der Waals surface area contributed by atoms with Gasteiger partial charge < -0.3 is 10.6 Å². The summed E-state index contributed by atoms with van der Waals surface area (Å²) in [5.74, 6) is -1.59. The molecular weight excluding hydrogens is 333 g/mol. The third-order valence-electron chi connectivity index (χ3n) is 2.73. The average Bonchev–Trinajstić information content (AvgIpc) is 2.73. The van der Waals surface area contributed by atoms with Gasteiger partial charge in [0.25, 0.3) is 5.91 Å². The Bertz CT molecular complexity index is 563. The summed E-state index contributed by atoms with van der Waals surface area (Å²) in [4.78, 5) is 35.3. The van der Waals surface area contributed by atoms with E-state index in [0.717, 1.165) is 4.90 Å². The second-order valence-corrected chi connectivity index (χ2v) is 5.00. The summed E-state index contributed by atoms with van der Waals surface area (Å²) < 4.78 is 14.0. The largest absolute Gasteiger partial charge is 0.350 e. The van der Waals surface area contributed by atoms with Crippen LogP contribution < -0.4 is 10.6 Å². The zero-order valence-electron chi connectivity index (χ0n) is 10.3. The molecule has 6 nitrogen and oxygen atoms in total. The van der Waals surface area contributed by atoms with Gasteiger partial charge in [-0.1, -0.05) is 15.9 Å². The van der Waals surface area contributed by atoms with Gasteiger partial charge in [-0.2, -0.15) is 0 Å². The van der Waals surface area contributed by atoms with Crippen molar-refractivity contribution < 1.29 is 18.8 Å². The van der Waals surface area contributed by atoms with Crippen LogP contribution in [0.15, 0.2) is 22.7 Å². The van der Waals surface area contributed by atoms with Gasteiger partial charge in [0.15, 0.2) is 0 Å². The van der Waals surface area contributed by atoms with E-state index >= 15 is 0 Å². The maximum Gasteiger partial charge on any atom is 0.324 e. The van der Waals surface area contributed by atoms with Crippen molar-refractivity contribution in [1.29, 1.82) is 0 Å². The number of amides is 4. The molecule has 0 atom stereocenters. The van der Waals surface area contributed by atoms with Crippen LogP contribution in [-0.2, 0) is 4.79 Å². The lowest BCUT2D eigenvalue weighted by atomic mass is 10.2. The second-order valence-electron chi connectivity index (χ2n) is 4.08. The van der Waals surface area contributed by atoms with Crippen molar-refractivity contribution in [1.82, 2.24) is 15.5 Å². The summed E-state index contributed by atoms with van der Waals surface area (Å²) >= 11 is 3.15. The first kappa shape index (κ1) is 14.4. The fraction of sp³-hybridized carbons (Fsp3) is 0.250. The van der Waals surface area contributed by atoms with Gasteiger partial charge in [-0.05, 0) is 18.2 Å². The molecule has 0 radical (unpaired) electrons. The van der Waals surface area contributed by atoms with E-state index in [0.29, 0.717) is 4.47 Å². The average molecular weight is 344 g/mol. The predicted octanol–water partition coefficient (Wildman–Crippen LogP) is 0.870. The van der Waals surface area contributed by atoms with Crippen LogP contribution in [0.3, 0.4) is 0 Å². The predicted molar refractivity (Wildman–Crippen MR) is 71.5 cm³/mol. The standard InChI is InChI=1S/C12H11BrFN3O3/c13-7-1-2-9(14)8(5-7)11(19)15-3-4-17-10(18)6-16-12(17)20/h1-2,5H,3-4,6H2,(H,15,19)(H,16,20). The van der Waals surface area contributed by atoms with Crippen LogP contribution in [0.1, 0.15) is 10.4 Å². The van der Waals surface area contributed by atoms with Gasteiger partial charge in [-0.25, -0.2) is 9.18 Å². The molecule has 1 saturated heterocycles. The summed E-state index contributed by atoms with van der Waals surface area (Å²) in [5, 5.41) is 4.83. The topological polar surface area (TPSA) is 78.5 Å². The van der Waals surface area contributed by atoms with E-state index in [4.69, 9.17) is 0 Å². The number of hydrogen-bond donors (Lipinski definition) is 2. The Labute approximate surface area is 122 Å². The molecular formula is C12H11BrFN3O3. The highest BCUT2D eigenvalue weighted by Crippen LogP contribution is 2.15. The fourth-order valence-electron chi connectivity index (χ4n) is 1.73. The van der Waals surface area contributed by atoms with Gasteiger partial charge in [-0.15, -0.1) is 0 Å². The fourth-order valence-corrected chi connectivity index (χ4v) is 2.09. The first-order chi connectivity index (χ1) is 9.49. The minimum absolute atomic E-state index is 0.0347. The quantitative estimate of drug-likeness (QED) is 0.796. The van der Waals surface area contributed by atoms with Crippen molar-refractivity contribution in [3.05, 3.63) is 34.1 Å². The Hall–Kier alpha value is -1.96. The number of nitrogens with zero attached hydrogens (tertiary/aromatic N) is 1. The number of rotatable bonds is 4. The Morgan fingerprint density at radius 1 is 1.45 bits per heavy atom. The van der Waals surface area contributed by atoms with Crippen molar-refractivity contribution in [2.45, 2.75) is 0 Å². The molecule has 2 N–H and O–H groups in total. The highest BCUT2D eigenvalue weighted by Gasteiger charge is 2.27. The Morgan fingerprint density at radius 2 is 2.20 bits per heavy atom. The molecule has 1 aliphatic rings. The molecule has 1 aromatic carbocycles. The number of nitrogens with one attached hydrogen (secondary N) is 2. The van der Waals surface area contributed by atoms with Crippen LogP contribution in [0, 0.1) is 5.82 Å². The Balaban J connectivity index is 1.91. The number of imide groups is 1. The van der Waals surface area contributed by atoms with Gasteiger partial charge in [-0.3, -0.25) is 14.5 Å². The van der Waals surface area contributed by atoms with E-state index in [-0.39, 0.29) is 31.1 Å². The molecule has 0 aromatic heterocycles. The molecule has 0 aliphatic carbocycles. The monoisotopic (exact) mass is 343 g/mol. The van der Waals surface area contributed by atoms with Crippen LogP contribution in [0.5, 0.6) is 0 Å². The van der Waals surface area contributed by atoms with E-state index in [2.05, 4.69) is 26.6 Å². The molecule has 2 rings (SSSR count). The van der Waals surface area contributed by atoms with Gasteiger partial charge in [0.05, 0.1) is 12.1 Å². The second kappa shape index (κ2) is 6.00. The van der Waals surface area contributed by atoms with Crippen LogP contribution in [-0.4, -0.2) is 42.4 Å². The van der Waals surface area contributed by atoms with Crippen molar-refractivity contribution in [3.8, 4) is 0 Å². The molecule has 106 valence electrons. The molecule has 0 bridgehead atoms.